The fourth-order valence-corrected chi connectivity index (χ4v) is 4.27. The largest absolute Gasteiger partial charge is 0.466 e. The molecule has 1 aliphatic rings. The Kier molecular flexibility index (Phi) is 5.83. The molecule has 22 heavy (non-hydrogen) atoms. The van der Waals surface area contributed by atoms with Crippen LogP contribution in [0.5, 0.6) is 0 Å². The van der Waals surface area contributed by atoms with Gasteiger partial charge in [0.15, 0.2) is 0 Å². The Morgan fingerprint density at radius 1 is 1.36 bits per heavy atom. The van der Waals surface area contributed by atoms with Crippen LogP contribution in [0, 0.1) is 5.92 Å². The fraction of sp³-hybridized carbons (Fsp3) is 0.533. The number of sulfonamides is 1. The van der Waals surface area contributed by atoms with E-state index in [1.165, 1.54) is 4.31 Å². The number of hydrogen-bond acceptors (Lipinski definition) is 4. The minimum atomic E-state index is -3.45. The molecule has 0 bridgehead atoms. The van der Waals surface area contributed by atoms with E-state index in [4.69, 9.17) is 16.3 Å². The molecular formula is C15H20ClNO4S. The van der Waals surface area contributed by atoms with Crippen molar-refractivity contribution in [1.82, 2.24) is 4.31 Å². The van der Waals surface area contributed by atoms with Crippen molar-refractivity contribution in [2.45, 2.75) is 25.5 Å². The van der Waals surface area contributed by atoms with E-state index < -0.39 is 10.0 Å². The molecule has 0 unspecified atom stereocenters. The zero-order chi connectivity index (χ0) is 16.2. The van der Waals surface area contributed by atoms with E-state index >= 15 is 0 Å². The summed E-state index contributed by atoms with van der Waals surface area (Å²) >= 11 is 5.80. The molecule has 0 amide bonds. The lowest BCUT2D eigenvalue weighted by atomic mass is 10.0. The number of ether oxygens (including phenoxy) is 1. The third-order valence-electron chi connectivity index (χ3n) is 3.66. The second-order valence-corrected chi connectivity index (χ2v) is 7.74. The first kappa shape index (κ1) is 17.2. The van der Waals surface area contributed by atoms with Crippen molar-refractivity contribution in [3.05, 3.63) is 34.9 Å². The highest BCUT2D eigenvalue weighted by Gasteiger charge is 2.33. The van der Waals surface area contributed by atoms with Gasteiger partial charge in [0, 0.05) is 18.1 Å². The molecule has 0 spiro atoms. The topological polar surface area (TPSA) is 63.7 Å². The van der Waals surface area contributed by atoms with Crippen molar-refractivity contribution in [1.29, 1.82) is 0 Å². The van der Waals surface area contributed by atoms with E-state index in [0.717, 1.165) is 0 Å². The minimum absolute atomic E-state index is 0.0836. The number of benzene rings is 1. The number of hydrogen-bond donors (Lipinski definition) is 0. The summed E-state index contributed by atoms with van der Waals surface area (Å²) in [5, 5.41) is 0.571. The van der Waals surface area contributed by atoms with Gasteiger partial charge in [-0.25, -0.2) is 12.7 Å². The number of halogens is 1. The molecule has 122 valence electrons. The van der Waals surface area contributed by atoms with Gasteiger partial charge >= 0.3 is 5.97 Å². The molecule has 1 atom stereocenters. The zero-order valence-corrected chi connectivity index (χ0v) is 14.1. The first-order valence-electron chi connectivity index (χ1n) is 7.31. The van der Waals surface area contributed by atoms with Crippen molar-refractivity contribution in [3.63, 3.8) is 0 Å². The highest BCUT2D eigenvalue weighted by atomic mass is 35.5. The van der Waals surface area contributed by atoms with Crippen molar-refractivity contribution >= 4 is 27.6 Å². The molecule has 1 saturated heterocycles. The molecule has 0 N–H and O–H groups in total. The van der Waals surface area contributed by atoms with Crippen molar-refractivity contribution in [2.24, 2.45) is 5.92 Å². The quantitative estimate of drug-likeness (QED) is 0.769. The van der Waals surface area contributed by atoms with Crippen LogP contribution in [0.3, 0.4) is 0 Å². The second kappa shape index (κ2) is 7.44. The monoisotopic (exact) mass is 345 g/mol. The summed E-state index contributed by atoms with van der Waals surface area (Å²) in [4.78, 5) is 11.8. The lowest BCUT2D eigenvalue weighted by Crippen LogP contribution is -2.43. The van der Waals surface area contributed by atoms with Gasteiger partial charge in [0.05, 0.1) is 18.3 Å². The van der Waals surface area contributed by atoms with Gasteiger partial charge in [0.25, 0.3) is 0 Å². The maximum atomic E-state index is 12.5. The first-order chi connectivity index (χ1) is 10.4. The summed E-state index contributed by atoms with van der Waals surface area (Å²) in [7, 11) is -3.45. The number of piperidine rings is 1. The van der Waals surface area contributed by atoms with E-state index in [9.17, 15) is 13.2 Å². The summed E-state index contributed by atoms with van der Waals surface area (Å²) in [6.07, 6.45) is 1.34. The molecule has 2 rings (SSSR count). The van der Waals surface area contributed by atoms with E-state index in [1.807, 2.05) is 0 Å². The first-order valence-corrected chi connectivity index (χ1v) is 9.30. The maximum Gasteiger partial charge on any atom is 0.310 e. The molecule has 1 heterocycles. The molecule has 0 aromatic heterocycles. The highest BCUT2D eigenvalue weighted by Crippen LogP contribution is 2.23. The van der Waals surface area contributed by atoms with Crippen molar-refractivity contribution in [2.75, 3.05) is 19.7 Å². The van der Waals surface area contributed by atoms with Gasteiger partial charge in [-0.3, -0.25) is 4.79 Å². The van der Waals surface area contributed by atoms with Crippen molar-refractivity contribution < 1.29 is 17.9 Å². The molecule has 0 aliphatic carbocycles. The van der Waals surface area contributed by atoms with Crippen molar-refractivity contribution in [3.8, 4) is 0 Å². The van der Waals surface area contributed by atoms with Crippen LogP contribution in [0.15, 0.2) is 24.3 Å². The summed E-state index contributed by atoms with van der Waals surface area (Å²) in [6, 6.07) is 6.74. The summed E-state index contributed by atoms with van der Waals surface area (Å²) in [6.45, 7) is 2.71. The second-order valence-electron chi connectivity index (χ2n) is 5.33. The summed E-state index contributed by atoms with van der Waals surface area (Å²) in [5.41, 5.74) is 0.683. The van der Waals surface area contributed by atoms with Gasteiger partial charge in [-0.05, 0) is 37.5 Å². The average Bonchev–Trinajstić information content (AvgIpc) is 2.50. The van der Waals surface area contributed by atoms with Gasteiger partial charge in [-0.1, -0.05) is 23.7 Å². The predicted molar refractivity (Wildman–Crippen MR) is 85.0 cm³/mol. The number of carbonyl (C=O) groups is 1. The smallest absolute Gasteiger partial charge is 0.310 e. The van der Waals surface area contributed by atoms with Crippen LogP contribution in [0.2, 0.25) is 5.02 Å². The normalized spacial score (nSPS) is 19.8. The Labute approximate surface area is 136 Å². The zero-order valence-electron chi connectivity index (χ0n) is 12.5. The average molecular weight is 346 g/mol. The number of rotatable bonds is 5. The Morgan fingerprint density at radius 3 is 2.68 bits per heavy atom. The van der Waals surface area contributed by atoms with E-state index in [2.05, 4.69) is 0 Å². The molecule has 5 nitrogen and oxygen atoms in total. The SMILES string of the molecule is CCOC(=O)[C@H]1CCCN(S(=O)(=O)Cc2ccc(Cl)cc2)C1. The molecular weight excluding hydrogens is 326 g/mol. The van der Waals surface area contributed by atoms with E-state index in [1.54, 1.807) is 31.2 Å². The Morgan fingerprint density at radius 2 is 2.05 bits per heavy atom. The lowest BCUT2D eigenvalue weighted by Gasteiger charge is -2.30. The molecule has 1 aliphatic heterocycles. The lowest BCUT2D eigenvalue weighted by molar-refractivity contribution is -0.149. The molecule has 1 aromatic carbocycles. The van der Waals surface area contributed by atoms with E-state index in [0.29, 0.717) is 36.6 Å². The van der Waals surface area contributed by atoms with Crippen LogP contribution >= 0.6 is 11.6 Å². The maximum absolute atomic E-state index is 12.5. The summed E-state index contributed by atoms with van der Waals surface area (Å²) in [5.74, 6) is -0.762. The fourth-order valence-electron chi connectivity index (χ4n) is 2.53. The third-order valence-corrected chi connectivity index (χ3v) is 5.73. The molecule has 1 aromatic rings. The van der Waals surface area contributed by atoms with E-state index in [-0.39, 0.29) is 24.2 Å². The van der Waals surface area contributed by atoms with Gasteiger partial charge in [-0.2, -0.15) is 0 Å². The predicted octanol–water partition coefficient (Wildman–Crippen LogP) is 2.44. The molecule has 1 fully saturated rings. The van der Waals surface area contributed by atoms with Gasteiger partial charge < -0.3 is 4.74 Å². The number of nitrogens with zero attached hydrogens (tertiary/aromatic N) is 1. The number of carbonyl (C=O) groups excluding carboxylic acids is 1. The Balaban J connectivity index is 2.05. The Bertz CT molecular complexity index is 615. The van der Waals surface area contributed by atoms with Crippen LogP contribution < -0.4 is 0 Å². The number of esters is 1. The molecule has 7 heteroatoms. The van der Waals surface area contributed by atoms with Gasteiger partial charge in [-0.15, -0.1) is 0 Å². The van der Waals surface area contributed by atoms with Crippen LogP contribution in [0.1, 0.15) is 25.3 Å². The van der Waals surface area contributed by atoms with Gasteiger partial charge in [0.1, 0.15) is 0 Å². The third kappa shape index (κ3) is 4.44. The van der Waals surface area contributed by atoms with Crippen LogP contribution in [0.25, 0.3) is 0 Å². The molecule has 0 saturated carbocycles. The van der Waals surface area contributed by atoms with Crippen LogP contribution in [-0.4, -0.2) is 38.4 Å². The van der Waals surface area contributed by atoms with Crippen LogP contribution in [0.4, 0.5) is 0 Å². The minimum Gasteiger partial charge on any atom is -0.466 e. The standard InChI is InChI=1S/C15H20ClNO4S/c1-2-21-15(18)13-4-3-9-17(10-13)22(19,20)11-12-5-7-14(16)8-6-12/h5-8,13H,2-4,9-11H2,1H3/t13-/m0/s1. The Hall–Kier alpha value is -1.11. The van der Waals surface area contributed by atoms with Gasteiger partial charge in [0.2, 0.25) is 10.0 Å². The molecule has 0 radical (unpaired) electrons. The summed E-state index contributed by atoms with van der Waals surface area (Å²) < 4.78 is 31.4. The van der Waals surface area contributed by atoms with Crippen LogP contribution in [-0.2, 0) is 25.3 Å². The highest BCUT2D eigenvalue weighted by molar-refractivity contribution is 7.88.